The molecule has 1 N–H and O–H groups in total. The molecular weight excluding hydrogens is 202 g/mol. The van der Waals surface area contributed by atoms with Gasteiger partial charge in [0.05, 0.1) is 0 Å². The van der Waals surface area contributed by atoms with Crippen molar-refractivity contribution in [1.29, 1.82) is 0 Å². The lowest BCUT2D eigenvalue weighted by Crippen LogP contribution is -2.14. The Morgan fingerprint density at radius 3 is 2.46 bits per heavy atom. The first kappa shape index (κ1) is 10.9. The number of nitrogens with one attached hydrogen (secondary N) is 1. The van der Waals surface area contributed by atoms with Gasteiger partial charge in [-0.3, -0.25) is 4.72 Å². The van der Waals surface area contributed by atoms with E-state index in [4.69, 9.17) is 11.6 Å². The minimum absolute atomic E-state index is 0.525. The van der Waals surface area contributed by atoms with Gasteiger partial charge in [-0.25, -0.2) is 0 Å². The van der Waals surface area contributed by atoms with E-state index in [2.05, 4.69) is 30.7 Å². The van der Waals surface area contributed by atoms with Crippen molar-refractivity contribution in [2.75, 3.05) is 0 Å². The molecule has 0 saturated heterocycles. The summed E-state index contributed by atoms with van der Waals surface area (Å²) in [7, 11) is 0. The SMILES string of the molecule is CC(C)NSCc1ccc(Cl)cc1. The minimum atomic E-state index is 0.525. The van der Waals surface area contributed by atoms with Gasteiger partial charge >= 0.3 is 0 Å². The number of benzene rings is 1. The van der Waals surface area contributed by atoms with Crippen molar-refractivity contribution in [2.24, 2.45) is 0 Å². The summed E-state index contributed by atoms with van der Waals surface area (Å²) in [5.74, 6) is 0.981. The molecule has 0 heterocycles. The highest BCUT2D eigenvalue weighted by Crippen LogP contribution is 2.13. The smallest absolute Gasteiger partial charge is 0.0406 e. The minimum Gasteiger partial charge on any atom is -0.261 e. The first-order chi connectivity index (χ1) is 6.18. The molecule has 0 saturated carbocycles. The van der Waals surface area contributed by atoms with E-state index in [1.807, 2.05) is 12.1 Å². The molecule has 0 aliphatic heterocycles. The first-order valence-electron chi connectivity index (χ1n) is 4.30. The lowest BCUT2D eigenvalue weighted by Gasteiger charge is -2.06. The third kappa shape index (κ3) is 4.55. The quantitative estimate of drug-likeness (QED) is 0.772. The highest BCUT2D eigenvalue weighted by Gasteiger charge is 1.95. The highest BCUT2D eigenvalue weighted by atomic mass is 35.5. The number of rotatable bonds is 4. The molecule has 0 unspecified atom stereocenters. The van der Waals surface area contributed by atoms with Crippen LogP contribution in [0.5, 0.6) is 0 Å². The van der Waals surface area contributed by atoms with E-state index in [1.165, 1.54) is 5.56 Å². The Hall–Kier alpha value is -0.180. The molecule has 0 aliphatic carbocycles. The largest absolute Gasteiger partial charge is 0.261 e. The average molecular weight is 216 g/mol. The van der Waals surface area contributed by atoms with Crippen molar-refractivity contribution >= 4 is 23.5 Å². The van der Waals surface area contributed by atoms with E-state index in [9.17, 15) is 0 Å². The van der Waals surface area contributed by atoms with Crippen molar-refractivity contribution in [1.82, 2.24) is 4.72 Å². The van der Waals surface area contributed by atoms with Gasteiger partial charge in [0.1, 0.15) is 0 Å². The Morgan fingerprint density at radius 1 is 1.31 bits per heavy atom. The molecule has 1 aromatic rings. The fourth-order valence-electron chi connectivity index (χ4n) is 0.872. The van der Waals surface area contributed by atoms with Crippen molar-refractivity contribution in [3.63, 3.8) is 0 Å². The van der Waals surface area contributed by atoms with Crippen LogP contribution in [0.3, 0.4) is 0 Å². The summed E-state index contributed by atoms with van der Waals surface area (Å²) in [6.45, 7) is 4.27. The van der Waals surface area contributed by atoms with E-state index in [0.29, 0.717) is 6.04 Å². The van der Waals surface area contributed by atoms with E-state index in [1.54, 1.807) is 11.9 Å². The van der Waals surface area contributed by atoms with Crippen LogP contribution in [0.2, 0.25) is 5.02 Å². The maximum Gasteiger partial charge on any atom is 0.0406 e. The predicted molar refractivity (Wildman–Crippen MR) is 61.0 cm³/mol. The molecule has 0 bridgehead atoms. The summed E-state index contributed by atoms with van der Waals surface area (Å²) in [6.07, 6.45) is 0. The zero-order valence-electron chi connectivity index (χ0n) is 7.88. The van der Waals surface area contributed by atoms with Gasteiger partial charge in [-0.15, -0.1) is 0 Å². The molecular formula is C10H14ClNS. The second kappa shape index (κ2) is 5.53. The third-order valence-corrected chi connectivity index (χ3v) is 2.84. The Labute approximate surface area is 89.0 Å². The maximum atomic E-state index is 5.77. The Balaban J connectivity index is 2.33. The van der Waals surface area contributed by atoms with Crippen molar-refractivity contribution in [2.45, 2.75) is 25.6 Å². The number of hydrogen-bond donors (Lipinski definition) is 1. The molecule has 13 heavy (non-hydrogen) atoms. The van der Waals surface area contributed by atoms with Crippen LogP contribution >= 0.6 is 23.5 Å². The van der Waals surface area contributed by atoms with Crippen LogP contribution in [0.4, 0.5) is 0 Å². The molecule has 72 valence electrons. The molecule has 0 fully saturated rings. The Bertz CT molecular complexity index is 246. The van der Waals surface area contributed by atoms with Crippen LogP contribution in [0.25, 0.3) is 0 Å². The molecule has 1 nitrogen and oxygen atoms in total. The molecule has 1 rings (SSSR count). The van der Waals surface area contributed by atoms with Gasteiger partial charge in [0, 0.05) is 16.8 Å². The maximum absolute atomic E-state index is 5.77. The third-order valence-electron chi connectivity index (χ3n) is 1.47. The summed E-state index contributed by atoms with van der Waals surface area (Å²) in [6, 6.07) is 8.48. The van der Waals surface area contributed by atoms with Gasteiger partial charge in [-0.1, -0.05) is 35.7 Å². The molecule has 0 amide bonds. The van der Waals surface area contributed by atoms with Gasteiger partial charge in [-0.2, -0.15) is 0 Å². The second-order valence-corrected chi connectivity index (χ2v) is 4.44. The fourth-order valence-corrected chi connectivity index (χ4v) is 1.77. The van der Waals surface area contributed by atoms with Gasteiger partial charge in [0.15, 0.2) is 0 Å². The predicted octanol–water partition coefficient (Wildman–Crippen LogP) is 3.49. The zero-order chi connectivity index (χ0) is 9.68. The van der Waals surface area contributed by atoms with Crippen molar-refractivity contribution < 1.29 is 0 Å². The summed E-state index contributed by atoms with van der Waals surface area (Å²) >= 11 is 7.50. The van der Waals surface area contributed by atoms with E-state index in [-0.39, 0.29) is 0 Å². The second-order valence-electron chi connectivity index (χ2n) is 3.19. The van der Waals surface area contributed by atoms with Crippen LogP contribution in [0.1, 0.15) is 19.4 Å². The molecule has 0 spiro atoms. The highest BCUT2D eigenvalue weighted by molar-refractivity contribution is 7.96. The van der Waals surface area contributed by atoms with Crippen LogP contribution in [-0.2, 0) is 5.75 Å². The molecule has 0 aromatic heterocycles. The van der Waals surface area contributed by atoms with Gasteiger partial charge in [-0.05, 0) is 31.5 Å². The van der Waals surface area contributed by atoms with Gasteiger partial charge in [0.25, 0.3) is 0 Å². The molecule has 1 aromatic carbocycles. The lowest BCUT2D eigenvalue weighted by molar-refractivity contribution is 0.770. The van der Waals surface area contributed by atoms with Gasteiger partial charge in [0.2, 0.25) is 0 Å². The summed E-state index contributed by atoms with van der Waals surface area (Å²) in [5.41, 5.74) is 1.29. The van der Waals surface area contributed by atoms with E-state index in [0.717, 1.165) is 10.8 Å². The topological polar surface area (TPSA) is 12.0 Å². The Kier molecular flexibility index (Phi) is 4.64. The standard InChI is InChI=1S/C10H14ClNS/c1-8(2)12-13-7-9-3-5-10(11)6-4-9/h3-6,8,12H,7H2,1-2H3. The molecule has 3 heteroatoms. The lowest BCUT2D eigenvalue weighted by atomic mass is 10.2. The molecule has 0 aliphatic rings. The van der Waals surface area contributed by atoms with Crippen LogP contribution in [0, 0.1) is 0 Å². The van der Waals surface area contributed by atoms with E-state index >= 15 is 0 Å². The van der Waals surface area contributed by atoms with Crippen molar-refractivity contribution in [3.8, 4) is 0 Å². The normalized spacial score (nSPS) is 10.8. The van der Waals surface area contributed by atoms with Crippen LogP contribution in [0.15, 0.2) is 24.3 Å². The van der Waals surface area contributed by atoms with Crippen molar-refractivity contribution in [3.05, 3.63) is 34.9 Å². The number of hydrogen-bond acceptors (Lipinski definition) is 2. The number of halogens is 1. The first-order valence-corrected chi connectivity index (χ1v) is 5.66. The molecule has 0 radical (unpaired) electrons. The average Bonchev–Trinajstić information content (AvgIpc) is 2.08. The monoisotopic (exact) mass is 215 g/mol. The molecule has 0 atom stereocenters. The van der Waals surface area contributed by atoms with Crippen LogP contribution in [-0.4, -0.2) is 6.04 Å². The Morgan fingerprint density at radius 2 is 1.92 bits per heavy atom. The summed E-state index contributed by atoms with van der Waals surface area (Å²) < 4.78 is 3.29. The zero-order valence-corrected chi connectivity index (χ0v) is 9.45. The summed E-state index contributed by atoms with van der Waals surface area (Å²) in [4.78, 5) is 0. The van der Waals surface area contributed by atoms with Gasteiger partial charge < -0.3 is 0 Å². The van der Waals surface area contributed by atoms with Crippen LogP contribution < -0.4 is 4.72 Å². The fraction of sp³-hybridized carbons (Fsp3) is 0.400. The van der Waals surface area contributed by atoms with E-state index < -0.39 is 0 Å². The summed E-state index contributed by atoms with van der Waals surface area (Å²) in [5, 5.41) is 0.797.